The number of halogens is 1. The van der Waals surface area contributed by atoms with Gasteiger partial charge in [-0.15, -0.1) is 22.9 Å². The zero-order chi connectivity index (χ0) is 15.5. The van der Waals surface area contributed by atoms with Gasteiger partial charge in [0.05, 0.1) is 0 Å². The van der Waals surface area contributed by atoms with Crippen LogP contribution in [0.15, 0.2) is 60.7 Å². The van der Waals surface area contributed by atoms with Crippen molar-refractivity contribution in [3.8, 4) is 0 Å². The molecular weight excluding hydrogens is 463 g/mol. The summed E-state index contributed by atoms with van der Waals surface area (Å²) in [6, 6.07) is 17.3. The summed E-state index contributed by atoms with van der Waals surface area (Å²) >= 11 is 1.36. The Bertz CT molecular complexity index is 677. The van der Waals surface area contributed by atoms with Crippen molar-refractivity contribution in [1.29, 1.82) is 0 Å². The number of benzene rings is 2. The quantitative estimate of drug-likeness (QED) is 0.352. The topological polar surface area (TPSA) is 0 Å². The third kappa shape index (κ3) is 4.81. The van der Waals surface area contributed by atoms with E-state index in [0.29, 0.717) is 17.8 Å². The van der Waals surface area contributed by atoms with Gasteiger partial charge in [-0.25, -0.2) is 0 Å². The maximum absolute atomic E-state index is 4.50. The van der Waals surface area contributed by atoms with Gasteiger partial charge in [-0.05, 0) is 34.1 Å². The van der Waals surface area contributed by atoms with Gasteiger partial charge >= 0.3 is 30.2 Å². The maximum atomic E-state index is 4.50. The van der Waals surface area contributed by atoms with Gasteiger partial charge < -0.3 is 21.8 Å². The Morgan fingerprint density at radius 2 is 1.12 bits per heavy atom. The van der Waals surface area contributed by atoms with Crippen molar-refractivity contribution in [3.05, 3.63) is 105 Å². The van der Waals surface area contributed by atoms with Crippen LogP contribution in [0, 0.1) is 27.7 Å². The van der Waals surface area contributed by atoms with Crippen LogP contribution in [0.4, 0.5) is 0 Å². The number of hydrogen-bond acceptors (Lipinski definition) is 0. The van der Waals surface area contributed by atoms with Crippen LogP contribution in [0.2, 0.25) is 0 Å². The molecule has 0 saturated carbocycles. The molecule has 0 nitrogen and oxygen atoms in total. The minimum atomic E-state index is 0. The standard InChI is InChI=1S/C20H17.2CH3.BrH.Si.Zr/c1-14(17-12-10-15-6-2-4-8-19(15)17)18-13-11-16-7-3-5-9-20(16)18;;;;;/h2-14,17-18H,1H2;2*1H3;1H;;/q3*-1;;;. The Kier molecular flexibility index (Phi) is 11.0. The summed E-state index contributed by atoms with van der Waals surface area (Å²) < 4.78 is 0. The van der Waals surface area contributed by atoms with Crippen LogP contribution in [0.1, 0.15) is 34.1 Å². The van der Waals surface area contributed by atoms with Crippen molar-refractivity contribution in [2.45, 2.75) is 11.8 Å². The Morgan fingerprint density at radius 1 is 0.760 bits per heavy atom. The Labute approximate surface area is 180 Å². The van der Waals surface area contributed by atoms with Gasteiger partial charge in [0.25, 0.3) is 0 Å². The Balaban J connectivity index is 0.00000111. The number of fused-ring (bicyclic) bond motifs is 2. The molecule has 0 fully saturated rings. The summed E-state index contributed by atoms with van der Waals surface area (Å²) in [7, 11) is 0. The summed E-state index contributed by atoms with van der Waals surface area (Å²) in [5, 5.41) is 0. The molecule has 2 aromatic carbocycles. The third-order valence-corrected chi connectivity index (χ3v) is 4.60. The molecular formula is C22H24BrSiZr-3. The molecule has 130 valence electrons. The van der Waals surface area contributed by atoms with Crippen molar-refractivity contribution in [2.24, 2.45) is 5.92 Å². The van der Waals surface area contributed by atoms with Crippen molar-refractivity contribution in [3.63, 3.8) is 0 Å². The molecule has 0 bridgehead atoms. The van der Waals surface area contributed by atoms with Crippen LogP contribution in [0.5, 0.6) is 0 Å². The molecule has 2 radical (unpaired) electrons. The molecule has 0 spiro atoms. The molecule has 4 rings (SSSR count). The SMILES string of the molecule is Br.[CH2-]C(C1C=Cc2ccccc21)C1C=Cc2ccccc21.[CH3-].[CH3-].[Si]=[Zr]. The molecule has 0 heterocycles. The minimum absolute atomic E-state index is 0. The summed E-state index contributed by atoms with van der Waals surface area (Å²) in [5.74, 6) is 1.19. The zero-order valence-corrected chi connectivity index (χ0v) is 19.9. The Morgan fingerprint density at radius 3 is 1.52 bits per heavy atom. The predicted octanol–water partition coefficient (Wildman–Crippen LogP) is 6.15. The number of hydrogen-bond donors (Lipinski definition) is 0. The first-order valence-corrected chi connectivity index (χ1v) is 11.7. The fourth-order valence-corrected chi connectivity index (χ4v) is 3.52. The monoisotopic (exact) mass is 485 g/mol. The van der Waals surface area contributed by atoms with Crippen molar-refractivity contribution in [2.75, 3.05) is 0 Å². The van der Waals surface area contributed by atoms with Gasteiger partial charge in [-0.3, -0.25) is 0 Å². The van der Waals surface area contributed by atoms with E-state index in [0.717, 1.165) is 0 Å². The second-order valence-electron chi connectivity index (χ2n) is 5.69. The van der Waals surface area contributed by atoms with E-state index in [1.165, 1.54) is 45.6 Å². The zero-order valence-electron chi connectivity index (χ0n) is 14.8. The molecule has 0 amide bonds. The molecule has 2 aromatic rings. The average Bonchev–Trinajstić information content (AvgIpc) is 3.20. The first kappa shape index (κ1) is 24.5. The van der Waals surface area contributed by atoms with E-state index >= 15 is 0 Å². The summed E-state index contributed by atoms with van der Waals surface area (Å²) in [5.41, 5.74) is 5.54. The van der Waals surface area contributed by atoms with Crippen molar-refractivity contribution in [1.82, 2.24) is 0 Å². The second kappa shape index (κ2) is 11.3. The first-order valence-electron chi connectivity index (χ1n) is 7.47. The molecule has 0 N–H and O–H groups in total. The molecule has 0 aromatic heterocycles. The van der Waals surface area contributed by atoms with E-state index in [9.17, 15) is 0 Å². The van der Waals surface area contributed by atoms with Crippen molar-refractivity contribution < 1.29 is 23.3 Å². The first-order chi connectivity index (χ1) is 10.8. The van der Waals surface area contributed by atoms with Gasteiger partial charge in [0, 0.05) is 0 Å². The molecule has 25 heavy (non-hydrogen) atoms. The van der Waals surface area contributed by atoms with Crippen LogP contribution in [0.3, 0.4) is 0 Å². The van der Waals surface area contributed by atoms with Gasteiger partial charge in [0.2, 0.25) is 0 Å². The van der Waals surface area contributed by atoms with Crippen LogP contribution in [-0.4, -0.2) is 6.88 Å². The molecule has 2 aliphatic rings. The van der Waals surface area contributed by atoms with E-state index < -0.39 is 0 Å². The van der Waals surface area contributed by atoms with Gasteiger partial charge in [-0.1, -0.05) is 72.8 Å². The molecule has 0 aliphatic heterocycles. The summed E-state index contributed by atoms with van der Waals surface area (Å²) in [6.07, 6.45) is 9.11. The van der Waals surface area contributed by atoms with Crippen LogP contribution in [0.25, 0.3) is 12.2 Å². The summed E-state index contributed by atoms with van der Waals surface area (Å²) in [4.78, 5) is 0. The summed E-state index contributed by atoms with van der Waals surface area (Å²) in [6.45, 7) is 7.56. The number of rotatable bonds is 2. The van der Waals surface area contributed by atoms with Crippen LogP contribution < -0.4 is 0 Å². The van der Waals surface area contributed by atoms with Gasteiger partial charge in [0.1, 0.15) is 0 Å². The van der Waals surface area contributed by atoms with Crippen LogP contribution in [-0.2, 0) is 23.3 Å². The third-order valence-electron chi connectivity index (χ3n) is 4.60. The number of allylic oxidation sites excluding steroid dienone is 2. The van der Waals surface area contributed by atoms with Gasteiger partial charge in [-0.2, -0.15) is 0 Å². The average molecular weight is 488 g/mol. The second-order valence-corrected chi connectivity index (χ2v) is 5.69. The van der Waals surface area contributed by atoms with E-state index in [4.69, 9.17) is 0 Å². The predicted molar refractivity (Wildman–Crippen MR) is 114 cm³/mol. The van der Waals surface area contributed by atoms with Crippen LogP contribution >= 0.6 is 17.0 Å². The van der Waals surface area contributed by atoms with E-state index in [1.54, 1.807) is 0 Å². The van der Waals surface area contributed by atoms with E-state index in [2.05, 4.69) is 86.6 Å². The van der Waals surface area contributed by atoms with E-state index in [-0.39, 0.29) is 31.8 Å². The molecule has 0 saturated heterocycles. The molecule has 2 atom stereocenters. The normalized spacial score (nSPS) is 19.0. The van der Waals surface area contributed by atoms with Gasteiger partial charge in [0.15, 0.2) is 0 Å². The fourth-order valence-electron chi connectivity index (χ4n) is 3.52. The molecule has 2 aliphatic carbocycles. The Hall–Kier alpha value is -0.500. The molecule has 2 unspecified atom stereocenters. The fraction of sp³-hybridized carbons (Fsp3) is 0.136. The van der Waals surface area contributed by atoms with E-state index in [1.807, 2.05) is 0 Å². The molecule has 3 heteroatoms. The van der Waals surface area contributed by atoms with Crippen molar-refractivity contribution >= 4 is 36.0 Å².